The Bertz CT molecular complexity index is 544. The van der Waals surface area contributed by atoms with Crippen LogP contribution in [0.3, 0.4) is 0 Å². The Balaban J connectivity index is 2.09. The van der Waals surface area contributed by atoms with Gasteiger partial charge in [-0.05, 0) is 48.5 Å². The average Bonchev–Trinajstić information content (AvgIpc) is 2.47. The molecule has 3 aliphatic rings. The number of hydrogen-bond donors (Lipinski definition) is 1. The van der Waals surface area contributed by atoms with Crippen LogP contribution in [0.1, 0.15) is 59.8 Å². The van der Waals surface area contributed by atoms with Crippen molar-refractivity contribution >= 4 is 5.78 Å². The molecule has 2 nitrogen and oxygen atoms in total. The van der Waals surface area contributed by atoms with Crippen LogP contribution in [0.25, 0.3) is 0 Å². The fraction of sp³-hybridized carbons (Fsp3) is 0.750. The molecule has 0 aromatic rings. The molecule has 2 heteroatoms. The SMILES string of the molecule is C=CC1(C)C=C2C(O)CC3C(C)(C)CCC(=O)C3(C)C2CC1. The number of fused-ring (bicyclic) bond motifs is 3. The molecular weight excluding hydrogens is 272 g/mol. The highest BCUT2D eigenvalue weighted by atomic mass is 16.3. The highest BCUT2D eigenvalue weighted by molar-refractivity contribution is 5.87. The van der Waals surface area contributed by atoms with Crippen LogP contribution in [0.4, 0.5) is 0 Å². The van der Waals surface area contributed by atoms with Gasteiger partial charge in [0.25, 0.3) is 0 Å². The number of carbonyl (C=O) groups excluding carboxylic acids is 1. The fourth-order valence-electron chi connectivity index (χ4n) is 5.56. The zero-order valence-corrected chi connectivity index (χ0v) is 14.5. The molecule has 1 N–H and O–H groups in total. The van der Waals surface area contributed by atoms with Gasteiger partial charge in [0.1, 0.15) is 5.78 Å². The molecule has 0 aromatic heterocycles. The molecule has 0 aliphatic heterocycles. The van der Waals surface area contributed by atoms with Gasteiger partial charge >= 0.3 is 0 Å². The predicted molar refractivity (Wildman–Crippen MR) is 89.4 cm³/mol. The first kappa shape index (κ1) is 16.0. The van der Waals surface area contributed by atoms with E-state index in [9.17, 15) is 9.90 Å². The summed E-state index contributed by atoms with van der Waals surface area (Å²) in [4.78, 5) is 12.9. The summed E-state index contributed by atoms with van der Waals surface area (Å²) in [5.74, 6) is 0.912. The molecule has 3 rings (SSSR count). The fourth-order valence-corrected chi connectivity index (χ4v) is 5.56. The van der Waals surface area contributed by atoms with Crippen molar-refractivity contribution < 1.29 is 9.90 Å². The van der Waals surface area contributed by atoms with Gasteiger partial charge in [0.2, 0.25) is 0 Å². The minimum absolute atomic E-state index is 0.0385. The molecule has 0 saturated heterocycles. The monoisotopic (exact) mass is 302 g/mol. The van der Waals surface area contributed by atoms with Gasteiger partial charge in [0, 0.05) is 17.3 Å². The number of rotatable bonds is 1. The standard InChI is InChI=1S/C20H30O2/c1-6-19(4)10-7-14-13(12-19)15(21)11-16-18(2,3)9-8-17(22)20(14,16)5/h6,12,14-16,21H,1,7-11H2,2-5H3. The zero-order valence-electron chi connectivity index (χ0n) is 14.5. The maximum absolute atomic E-state index is 12.9. The third-order valence-electron chi connectivity index (χ3n) is 7.17. The number of Topliss-reactive ketones (excluding diaryl/α,β-unsaturated/α-hetero) is 1. The highest BCUT2D eigenvalue weighted by Gasteiger charge is 2.60. The van der Waals surface area contributed by atoms with Crippen LogP contribution >= 0.6 is 0 Å². The number of aliphatic hydroxyl groups excluding tert-OH is 1. The first-order valence-corrected chi connectivity index (χ1v) is 8.72. The topological polar surface area (TPSA) is 37.3 Å². The molecule has 2 fully saturated rings. The Morgan fingerprint density at radius 1 is 1.27 bits per heavy atom. The quantitative estimate of drug-likeness (QED) is 0.734. The number of carbonyl (C=O) groups is 1. The van der Waals surface area contributed by atoms with Crippen molar-refractivity contribution in [1.82, 2.24) is 0 Å². The second-order valence-corrected chi connectivity index (χ2v) is 8.94. The van der Waals surface area contributed by atoms with Crippen LogP contribution in [0.2, 0.25) is 0 Å². The summed E-state index contributed by atoms with van der Waals surface area (Å²) in [7, 11) is 0. The summed E-state index contributed by atoms with van der Waals surface area (Å²) < 4.78 is 0. The molecule has 0 radical (unpaired) electrons. The molecule has 0 heterocycles. The normalized spacial score (nSPS) is 47.2. The van der Waals surface area contributed by atoms with Crippen molar-refractivity contribution in [1.29, 1.82) is 0 Å². The third kappa shape index (κ3) is 2.06. The van der Waals surface area contributed by atoms with Crippen LogP contribution in [0, 0.1) is 28.1 Å². The van der Waals surface area contributed by atoms with Gasteiger partial charge in [-0.3, -0.25) is 4.79 Å². The molecule has 3 aliphatic carbocycles. The van der Waals surface area contributed by atoms with Crippen LogP contribution in [-0.4, -0.2) is 17.0 Å². The summed E-state index contributed by atoms with van der Waals surface area (Å²) in [6, 6.07) is 0. The molecule has 0 aromatic carbocycles. The van der Waals surface area contributed by atoms with E-state index in [0.717, 1.165) is 31.3 Å². The van der Waals surface area contributed by atoms with Gasteiger partial charge < -0.3 is 5.11 Å². The van der Waals surface area contributed by atoms with Crippen LogP contribution in [0.5, 0.6) is 0 Å². The summed E-state index contributed by atoms with van der Waals surface area (Å²) in [6.45, 7) is 12.9. The summed E-state index contributed by atoms with van der Waals surface area (Å²) >= 11 is 0. The smallest absolute Gasteiger partial charge is 0.139 e. The van der Waals surface area contributed by atoms with Crippen molar-refractivity contribution in [3.05, 3.63) is 24.3 Å². The maximum atomic E-state index is 12.9. The van der Waals surface area contributed by atoms with Crippen molar-refractivity contribution in [2.75, 3.05) is 0 Å². The lowest BCUT2D eigenvalue weighted by molar-refractivity contribution is -0.153. The zero-order chi connectivity index (χ0) is 16.3. The third-order valence-corrected chi connectivity index (χ3v) is 7.17. The summed E-state index contributed by atoms with van der Waals surface area (Å²) in [5.41, 5.74) is 0.908. The summed E-state index contributed by atoms with van der Waals surface area (Å²) in [6.07, 6.45) is 8.19. The lowest BCUT2D eigenvalue weighted by Crippen LogP contribution is -2.58. The van der Waals surface area contributed by atoms with E-state index in [2.05, 4.69) is 40.3 Å². The van der Waals surface area contributed by atoms with Gasteiger partial charge in [0.05, 0.1) is 6.10 Å². The molecule has 5 unspecified atom stereocenters. The summed E-state index contributed by atoms with van der Waals surface area (Å²) in [5, 5.41) is 10.8. The molecule has 122 valence electrons. The van der Waals surface area contributed by atoms with Crippen LogP contribution < -0.4 is 0 Å². The molecule has 22 heavy (non-hydrogen) atoms. The van der Waals surface area contributed by atoms with Crippen molar-refractivity contribution in [3.63, 3.8) is 0 Å². The van der Waals surface area contributed by atoms with Crippen LogP contribution in [-0.2, 0) is 4.79 Å². The largest absolute Gasteiger partial charge is 0.389 e. The minimum atomic E-state index is -0.396. The van der Waals surface area contributed by atoms with Gasteiger partial charge in [-0.1, -0.05) is 39.8 Å². The Morgan fingerprint density at radius 3 is 2.59 bits per heavy atom. The molecule has 0 spiro atoms. The number of ketones is 1. The van der Waals surface area contributed by atoms with E-state index in [0.29, 0.717) is 12.2 Å². The van der Waals surface area contributed by atoms with Gasteiger partial charge in [0.15, 0.2) is 0 Å². The van der Waals surface area contributed by atoms with E-state index in [1.807, 2.05) is 6.08 Å². The lowest BCUT2D eigenvalue weighted by Gasteiger charge is -2.59. The maximum Gasteiger partial charge on any atom is 0.139 e. The van der Waals surface area contributed by atoms with Crippen molar-refractivity contribution in [2.24, 2.45) is 28.1 Å². The van der Waals surface area contributed by atoms with E-state index < -0.39 is 6.10 Å². The van der Waals surface area contributed by atoms with E-state index >= 15 is 0 Å². The first-order valence-electron chi connectivity index (χ1n) is 8.72. The Labute approximate surface area is 134 Å². The van der Waals surface area contributed by atoms with E-state index in [1.54, 1.807) is 0 Å². The average molecular weight is 302 g/mol. The number of aliphatic hydroxyl groups is 1. The molecule has 5 atom stereocenters. The molecule has 0 bridgehead atoms. The van der Waals surface area contributed by atoms with Gasteiger partial charge in [-0.15, -0.1) is 6.58 Å². The number of allylic oxidation sites excluding steroid dienone is 2. The second-order valence-electron chi connectivity index (χ2n) is 8.94. The lowest BCUT2D eigenvalue weighted by atomic mass is 9.44. The Hall–Kier alpha value is -0.890. The first-order chi connectivity index (χ1) is 10.1. The molecular formula is C20H30O2. The van der Waals surface area contributed by atoms with E-state index in [1.165, 1.54) is 0 Å². The van der Waals surface area contributed by atoms with Crippen LogP contribution in [0.15, 0.2) is 24.3 Å². The minimum Gasteiger partial charge on any atom is -0.389 e. The Morgan fingerprint density at radius 2 is 1.95 bits per heavy atom. The predicted octanol–water partition coefficient (Wildman–Crippen LogP) is 4.29. The highest BCUT2D eigenvalue weighted by Crippen LogP contribution is 2.62. The molecule has 2 saturated carbocycles. The van der Waals surface area contributed by atoms with E-state index in [4.69, 9.17) is 0 Å². The Kier molecular flexibility index (Phi) is 3.49. The van der Waals surface area contributed by atoms with Gasteiger partial charge in [-0.25, -0.2) is 0 Å². The second kappa shape index (κ2) is 4.80. The van der Waals surface area contributed by atoms with Crippen molar-refractivity contribution in [2.45, 2.75) is 65.9 Å². The van der Waals surface area contributed by atoms with E-state index in [-0.39, 0.29) is 28.1 Å². The number of hydrogen-bond acceptors (Lipinski definition) is 2. The van der Waals surface area contributed by atoms with Crippen molar-refractivity contribution in [3.8, 4) is 0 Å². The molecule has 0 amide bonds. The van der Waals surface area contributed by atoms with Gasteiger partial charge in [-0.2, -0.15) is 0 Å².